The van der Waals surface area contributed by atoms with E-state index in [4.69, 9.17) is 11.6 Å². The SMILES string of the molecule is O=C1NC(=O)C2(CCCC2)C(=O)N1Cc1cccc(Cl)c1. The van der Waals surface area contributed by atoms with Crippen LogP contribution >= 0.6 is 11.6 Å². The highest BCUT2D eigenvalue weighted by Gasteiger charge is 2.54. The van der Waals surface area contributed by atoms with Crippen molar-refractivity contribution in [2.24, 2.45) is 5.41 Å². The first-order valence-corrected chi connectivity index (χ1v) is 7.32. The van der Waals surface area contributed by atoms with E-state index in [1.54, 1.807) is 24.3 Å². The Morgan fingerprint density at radius 3 is 2.57 bits per heavy atom. The lowest BCUT2D eigenvalue weighted by molar-refractivity contribution is -0.151. The molecule has 1 aromatic carbocycles. The number of carbonyl (C=O) groups is 3. The van der Waals surface area contributed by atoms with E-state index < -0.39 is 17.4 Å². The van der Waals surface area contributed by atoms with E-state index in [0.717, 1.165) is 23.3 Å². The van der Waals surface area contributed by atoms with Gasteiger partial charge in [-0.25, -0.2) is 4.79 Å². The van der Waals surface area contributed by atoms with E-state index in [-0.39, 0.29) is 12.5 Å². The first kappa shape index (κ1) is 14.1. The van der Waals surface area contributed by atoms with Crippen LogP contribution in [0.3, 0.4) is 0 Å². The van der Waals surface area contributed by atoms with Crippen LogP contribution in [0.4, 0.5) is 4.79 Å². The predicted molar refractivity (Wildman–Crippen MR) is 76.4 cm³/mol. The molecule has 110 valence electrons. The molecule has 1 saturated heterocycles. The van der Waals surface area contributed by atoms with E-state index in [9.17, 15) is 14.4 Å². The monoisotopic (exact) mass is 306 g/mol. The van der Waals surface area contributed by atoms with Crippen LogP contribution in [-0.4, -0.2) is 22.7 Å². The summed E-state index contributed by atoms with van der Waals surface area (Å²) in [5, 5.41) is 2.87. The van der Waals surface area contributed by atoms with E-state index in [2.05, 4.69) is 5.32 Å². The summed E-state index contributed by atoms with van der Waals surface area (Å²) in [5.41, 5.74) is -0.291. The summed E-state index contributed by atoms with van der Waals surface area (Å²) in [4.78, 5) is 37.9. The van der Waals surface area contributed by atoms with Crippen LogP contribution < -0.4 is 5.32 Å². The van der Waals surface area contributed by atoms with Crippen LogP contribution in [0.5, 0.6) is 0 Å². The molecular formula is C15H15ClN2O3. The Hall–Kier alpha value is -1.88. The maximum Gasteiger partial charge on any atom is 0.331 e. The minimum Gasteiger partial charge on any atom is -0.277 e. The molecule has 0 unspecified atom stereocenters. The fraction of sp³-hybridized carbons (Fsp3) is 0.400. The number of urea groups is 1. The number of amides is 4. The molecular weight excluding hydrogens is 292 g/mol. The van der Waals surface area contributed by atoms with Gasteiger partial charge >= 0.3 is 6.03 Å². The van der Waals surface area contributed by atoms with E-state index in [1.807, 2.05) is 0 Å². The van der Waals surface area contributed by atoms with E-state index >= 15 is 0 Å². The molecule has 3 rings (SSSR count). The molecule has 5 nitrogen and oxygen atoms in total. The zero-order valence-corrected chi connectivity index (χ0v) is 12.2. The van der Waals surface area contributed by atoms with Gasteiger partial charge < -0.3 is 0 Å². The lowest BCUT2D eigenvalue weighted by Crippen LogP contribution is -2.62. The van der Waals surface area contributed by atoms with Crippen molar-refractivity contribution in [3.8, 4) is 0 Å². The Balaban J connectivity index is 1.89. The molecule has 4 amide bonds. The summed E-state index contributed by atoms with van der Waals surface area (Å²) in [6.45, 7) is 0.125. The Morgan fingerprint density at radius 2 is 1.90 bits per heavy atom. The third-order valence-corrected chi connectivity index (χ3v) is 4.48. The van der Waals surface area contributed by atoms with Crippen LogP contribution in [0, 0.1) is 5.41 Å². The van der Waals surface area contributed by atoms with Crippen molar-refractivity contribution < 1.29 is 14.4 Å². The van der Waals surface area contributed by atoms with Crippen LogP contribution in [0.1, 0.15) is 31.2 Å². The van der Waals surface area contributed by atoms with Crippen LogP contribution in [0.25, 0.3) is 0 Å². The maximum atomic E-state index is 12.7. The number of hydrogen-bond donors (Lipinski definition) is 1. The number of barbiturate groups is 1. The zero-order valence-electron chi connectivity index (χ0n) is 11.4. The van der Waals surface area contributed by atoms with Gasteiger partial charge in [-0.1, -0.05) is 36.6 Å². The van der Waals surface area contributed by atoms with Gasteiger partial charge in [0.25, 0.3) is 0 Å². The molecule has 0 radical (unpaired) electrons. The van der Waals surface area contributed by atoms with Crippen LogP contribution in [0.15, 0.2) is 24.3 Å². The van der Waals surface area contributed by atoms with Gasteiger partial charge in [0.15, 0.2) is 0 Å². The molecule has 2 aliphatic rings. The molecule has 1 spiro atoms. The van der Waals surface area contributed by atoms with Crippen molar-refractivity contribution in [3.05, 3.63) is 34.9 Å². The minimum atomic E-state index is -1.05. The minimum absolute atomic E-state index is 0.125. The van der Waals surface area contributed by atoms with Crippen molar-refractivity contribution >= 4 is 29.4 Å². The molecule has 6 heteroatoms. The summed E-state index contributed by atoms with van der Waals surface area (Å²) < 4.78 is 0. The normalized spacial score (nSPS) is 21.0. The topological polar surface area (TPSA) is 66.5 Å². The Labute approximate surface area is 127 Å². The molecule has 0 atom stereocenters. The highest BCUT2D eigenvalue weighted by atomic mass is 35.5. The third-order valence-electron chi connectivity index (χ3n) is 4.24. The van der Waals surface area contributed by atoms with Crippen molar-refractivity contribution in [2.75, 3.05) is 0 Å². The molecule has 21 heavy (non-hydrogen) atoms. The van der Waals surface area contributed by atoms with E-state index in [1.165, 1.54) is 0 Å². The summed E-state index contributed by atoms with van der Waals surface area (Å²) in [5.74, 6) is -0.828. The molecule has 0 bridgehead atoms. The van der Waals surface area contributed by atoms with E-state index in [0.29, 0.717) is 17.9 Å². The number of nitrogens with zero attached hydrogens (tertiary/aromatic N) is 1. The second-order valence-electron chi connectivity index (χ2n) is 5.57. The first-order chi connectivity index (χ1) is 10.0. The highest BCUT2D eigenvalue weighted by molar-refractivity contribution is 6.30. The Bertz CT molecular complexity index is 623. The largest absolute Gasteiger partial charge is 0.331 e. The molecule has 1 saturated carbocycles. The van der Waals surface area contributed by atoms with Crippen molar-refractivity contribution in [1.82, 2.24) is 10.2 Å². The fourth-order valence-corrected chi connectivity index (χ4v) is 3.33. The summed E-state index contributed by atoms with van der Waals surface area (Å²) in [6, 6.07) is 6.35. The molecule has 2 fully saturated rings. The molecule has 1 N–H and O–H groups in total. The zero-order chi connectivity index (χ0) is 15.0. The summed E-state index contributed by atoms with van der Waals surface area (Å²) in [7, 11) is 0. The Kier molecular flexibility index (Phi) is 3.45. The van der Waals surface area contributed by atoms with Crippen LogP contribution in [-0.2, 0) is 16.1 Å². The number of rotatable bonds is 2. The average molecular weight is 307 g/mol. The second-order valence-corrected chi connectivity index (χ2v) is 6.01. The van der Waals surface area contributed by atoms with Crippen molar-refractivity contribution in [3.63, 3.8) is 0 Å². The number of carbonyl (C=O) groups excluding carboxylic acids is 3. The molecule has 1 aromatic rings. The lowest BCUT2D eigenvalue weighted by atomic mass is 9.82. The fourth-order valence-electron chi connectivity index (χ4n) is 3.11. The number of benzene rings is 1. The first-order valence-electron chi connectivity index (χ1n) is 6.95. The quantitative estimate of drug-likeness (QED) is 0.854. The van der Waals surface area contributed by atoms with Crippen molar-refractivity contribution in [1.29, 1.82) is 0 Å². The number of hydrogen-bond acceptors (Lipinski definition) is 3. The van der Waals surface area contributed by atoms with Gasteiger partial charge in [0.1, 0.15) is 5.41 Å². The third kappa shape index (κ3) is 2.31. The highest BCUT2D eigenvalue weighted by Crippen LogP contribution is 2.42. The van der Waals surface area contributed by atoms with Gasteiger partial charge in [0, 0.05) is 5.02 Å². The van der Waals surface area contributed by atoms with Gasteiger partial charge in [-0.15, -0.1) is 0 Å². The molecule has 1 aliphatic heterocycles. The standard InChI is InChI=1S/C15H15ClN2O3/c16-11-5-3-4-10(8-11)9-18-13(20)15(6-1-2-7-15)12(19)17-14(18)21/h3-5,8H,1-2,6-7,9H2,(H,17,19,21). The molecule has 1 heterocycles. The molecule has 1 aliphatic carbocycles. The predicted octanol–water partition coefficient (Wildman–Crippen LogP) is 2.48. The summed E-state index contributed by atoms with van der Waals surface area (Å²) >= 11 is 5.92. The maximum absolute atomic E-state index is 12.7. The average Bonchev–Trinajstić information content (AvgIpc) is 2.93. The van der Waals surface area contributed by atoms with Gasteiger partial charge in [-0.2, -0.15) is 0 Å². The van der Waals surface area contributed by atoms with Gasteiger partial charge in [-0.3, -0.25) is 19.8 Å². The van der Waals surface area contributed by atoms with Gasteiger partial charge in [-0.05, 0) is 30.5 Å². The Morgan fingerprint density at radius 1 is 1.19 bits per heavy atom. The van der Waals surface area contributed by atoms with Crippen LogP contribution in [0.2, 0.25) is 5.02 Å². The lowest BCUT2D eigenvalue weighted by Gasteiger charge is -2.36. The summed E-state index contributed by atoms with van der Waals surface area (Å²) in [6.07, 6.45) is 2.69. The van der Waals surface area contributed by atoms with Gasteiger partial charge in [0.05, 0.1) is 6.54 Å². The smallest absolute Gasteiger partial charge is 0.277 e. The molecule has 0 aromatic heterocycles. The number of halogens is 1. The number of imide groups is 2. The number of nitrogens with one attached hydrogen (secondary N) is 1. The second kappa shape index (κ2) is 5.15. The van der Waals surface area contributed by atoms with Crippen molar-refractivity contribution in [2.45, 2.75) is 32.2 Å². The van der Waals surface area contributed by atoms with Gasteiger partial charge in [0.2, 0.25) is 11.8 Å².